The van der Waals surface area contributed by atoms with Crippen molar-refractivity contribution < 1.29 is 17.2 Å². The number of hydrogen-bond acceptors (Lipinski definition) is 3. The summed E-state index contributed by atoms with van der Waals surface area (Å²) >= 11 is 0. The minimum atomic E-state index is -4.15. The minimum absolute atomic E-state index is 0.0147. The van der Waals surface area contributed by atoms with Gasteiger partial charge in [0, 0.05) is 6.54 Å². The van der Waals surface area contributed by atoms with Gasteiger partial charge in [-0.2, -0.15) is 0 Å². The summed E-state index contributed by atoms with van der Waals surface area (Å²) in [5, 5.41) is 0. The van der Waals surface area contributed by atoms with Crippen LogP contribution in [0.1, 0.15) is 6.92 Å². The van der Waals surface area contributed by atoms with E-state index in [1.165, 1.54) is 30.3 Å². The molecule has 0 amide bonds. The minimum Gasteiger partial charge on any atom is -0.395 e. The van der Waals surface area contributed by atoms with Gasteiger partial charge in [-0.15, -0.1) is 0 Å². The van der Waals surface area contributed by atoms with Gasteiger partial charge in [0.15, 0.2) is 0 Å². The molecule has 112 valence electrons. The first-order valence-electron chi connectivity index (χ1n) is 6.20. The number of nitrogens with zero attached hydrogens (tertiary/aromatic N) is 1. The molecule has 0 saturated heterocycles. The molecule has 0 fully saturated rings. The zero-order valence-corrected chi connectivity index (χ0v) is 12.1. The van der Waals surface area contributed by atoms with Crippen LogP contribution < -0.4 is 10.0 Å². The number of hydrogen-bond donors (Lipinski definition) is 1. The summed E-state index contributed by atoms with van der Waals surface area (Å²) in [7, 11) is -4.15. The third-order valence-corrected chi connectivity index (χ3v) is 4.94. The monoisotopic (exact) mass is 312 g/mol. The number of nitrogen functional groups attached to an aromatic ring is 1. The van der Waals surface area contributed by atoms with E-state index >= 15 is 0 Å². The fourth-order valence-corrected chi connectivity index (χ4v) is 3.59. The molecule has 0 bridgehead atoms. The molecule has 0 atom stereocenters. The third-order valence-electron chi connectivity index (χ3n) is 2.99. The topological polar surface area (TPSA) is 63.4 Å². The van der Waals surface area contributed by atoms with E-state index in [1.807, 2.05) is 0 Å². The average molecular weight is 312 g/mol. The van der Waals surface area contributed by atoms with Crippen LogP contribution >= 0.6 is 0 Å². The Balaban J connectivity index is 2.61. The predicted octanol–water partition coefficient (Wildman–Crippen LogP) is 2.76. The highest BCUT2D eigenvalue weighted by Crippen LogP contribution is 2.29. The Hall–Kier alpha value is -2.15. The van der Waals surface area contributed by atoms with Gasteiger partial charge in [0.2, 0.25) is 0 Å². The van der Waals surface area contributed by atoms with E-state index in [2.05, 4.69) is 0 Å². The maximum Gasteiger partial charge on any atom is 0.266 e. The van der Waals surface area contributed by atoms with Crippen LogP contribution in [0.5, 0.6) is 0 Å². The molecule has 0 aromatic heterocycles. The van der Waals surface area contributed by atoms with Crippen molar-refractivity contribution in [2.24, 2.45) is 0 Å². The molecule has 2 rings (SSSR count). The summed E-state index contributed by atoms with van der Waals surface area (Å²) in [5.41, 5.74) is 4.92. The molecule has 2 N–H and O–H groups in total. The van der Waals surface area contributed by atoms with Gasteiger partial charge in [-0.05, 0) is 31.2 Å². The molecule has 0 radical (unpaired) electrons. The fraction of sp³-hybridized carbons (Fsp3) is 0.143. The molecule has 4 nitrogen and oxygen atoms in total. The summed E-state index contributed by atoms with van der Waals surface area (Å²) in [6, 6.07) is 8.97. The van der Waals surface area contributed by atoms with Crippen molar-refractivity contribution in [2.75, 3.05) is 16.6 Å². The first kappa shape index (κ1) is 15.2. The lowest BCUT2D eigenvalue weighted by atomic mass is 10.3. The van der Waals surface area contributed by atoms with Crippen molar-refractivity contribution >= 4 is 21.4 Å². The van der Waals surface area contributed by atoms with Crippen LogP contribution in [-0.2, 0) is 10.0 Å². The Labute approximate surface area is 121 Å². The maximum atomic E-state index is 13.8. The molecule has 0 aliphatic heterocycles. The van der Waals surface area contributed by atoms with Crippen molar-refractivity contribution in [1.82, 2.24) is 0 Å². The van der Waals surface area contributed by atoms with Crippen molar-refractivity contribution in [2.45, 2.75) is 11.8 Å². The molecule has 0 heterocycles. The highest BCUT2D eigenvalue weighted by atomic mass is 32.2. The molecule has 0 unspecified atom stereocenters. The Morgan fingerprint density at radius 1 is 1.05 bits per heavy atom. The lowest BCUT2D eigenvalue weighted by Gasteiger charge is -2.24. The van der Waals surface area contributed by atoms with Crippen LogP contribution in [0.3, 0.4) is 0 Å². The lowest BCUT2D eigenvalue weighted by molar-refractivity contribution is 0.584. The molecule has 0 aliphatic rings. The van der Waals surface area contributed by atoms with E-state index in [4.69, 9.17) is 5.73 Å². The standard InChI is InChI=1S/C14H14F2N2O2S/c1-2-18(12-8-4-3-6-10(12)15)21(19,20)13-9-5-7-11(16)14(13)17/h3-9H,2,17H2,1H3. The van der Waals surface area contributed by atoms with Crippen LogP contribution in [0.2, 0.25) is 0 Å². The molecular formula is C14H14F2N2O2S. The van der Waals surface area contributed by atoms with Gasteiger partial charge >= 0.3 is 0 Å². The Kier molecular flexibility index (Phi) is 4.13. The van der Waals surface area contributed by atoms with Crippen LogP contribution in [0.4, 0.5) is 20.2 Å². The normalized spacial score (nSPS) is 11.4. The van der Waals surface area contributed by atoms with Crippen molar-refractivity contribution in [3.05, 3.63) is 54.1 Å². The fourth-order valence-electron chi connectivity index (χ4n) is 1.98. The highest BCUT2D eigenvalue weighted by molar-refractivity contribution is 7.93. The lowest BCUT2D eigenvalue weighted by Crippen LogP contribution is -2.32. The van der Waals surface area contributed by atoms with E-state index < -0.39 is 27.3 Å². The van der Waals surface area contributed by atoms with Gasteiger partial charge in [-0.25, -0.2) is 17.2 Å². The van der Waals surface area contributed by atoms with Gasteiger partial charge < -0.3 is 5.73 Å². The SMILES string of the molecule is CCN(c1ccccc1F)S(=O)(=O)c1cccc(F)c1N. The van der Waals surface area contributed by atoms with Crippen LogP contribution in [-0.4, -0.2) is 15.0 Å². The molecule has 0 saturated carbocycles. The quantitative estimate of drug-likeness (QED) is 0.883. The summed E-state index contributed by atoms with van der Waals surface area (Å²) in [4.78, 5) is -0.382. The van der Waals surface area contributed by atoms with E-state index in [9.17, 15) is 17.2 Å². The summed E-state index contributed by atoms with van der Waals surface area (Å²) < 4.78 is 53.4. The van der Waals surface area contributed by atoms with E-state index in [1.54, 1.807) is 6.92 Å². The second-order valence-corrected chi connectivity index (χ2v) is 6.10. The Morgan fingerprint density at radius 3 is 2.29 bits per heavy atom. The molecule has 2 aromatic rings. The van der Waals surface area contributed by atoms with Crippen LogP contribution in [0.25, 0.3) is 0 Å². The average Bonchev–Trinajstić information content (AvgIpc) is 2.44. The largest absolute Gasteiger partial charge is 0.395 e. The Morgan fingerprint density at radius 2 is 1.67 bits per heavy atom. The maximum absolute atomic E-state index is 13.8. The molecule has 21 heavy (non-hydrogen) atoms. The van der Waals surface area contributed by atoms with Gasteiger partial charge in [-0.1, -0.05) is 18.2 Å². The van der Waals surface area contributed by atoms with Crippen LogP contribution in [0, 0.1) is 11.6 Å². The van der Waals surface area contributed by atoms with E-state index in [0.717, 1.165) is 16.4 Å². The van der Waals surface area contributed by atoms with Gasteiger partial charge in [-0.3, -0.25) is 4.31 Å². The number of halogens is 2. The zero-order chi connectivity index (χ0) is 15.6. The zero-order valence-electron chi connectivity index (χ0n) is 11.3. The third kappa shape index (κ3) is 2.69. The molecule has 0 aliphatic carbocycles. The number of anilines is 2. The van der Waals surface area contributed by atoms with E-state index in [-0.39, 0.29) is 17.1 Å². The predicted molar refractivity (Wildman–Crippen MR) is 77.4 cm³/mol. The van der Waals surface area contributed by atoms with Gasteiger partial charge in [0.1, 0.15) is 16.5 Å². The number of sulfonamides is 1. The molecule has 0 spiro atoms. The second-order valence-electron chi connectivity index (χ2n) is 4.27. The first-order chi connectivity index (χ1) is 9.89. The Bertz CT molecular complexity index is 763. The number of benzene rings is 2. The second kappa shape index (κ2) is 5.69. The summed E-state index contributed by atoms with van der Waals surface area (Å²) in [6.07, 6.45) is 0. The van der Waals surface area contributed by atoms with Crippen molar-refractivity contribution in [1.29, 1.82) is 0 Å². The number of rotatable bonds is 4. The molecule has 2 aromatic carbocycles. The van der Waals surface area contributed by atoms with Crippen LogP contribution in [0.15, 0.2) is 47.4 Å². The van der Waals surface area contributed by atoms with Gasteiger partial charge in [0.25, 0.3) is 10.0 Å². The highest BCUT2D eigenvalue weighted by Gasteiger charge is 2.28. The van der Waals surface area contributed by atoms with Gasteiger partial charge in [0.05, 0.1) is 11.4 Å². The number of nitrogens with two attached hydrogens (primary N) is 1. The molecular weight excluding hydrogens is 298 g/mol. The summed E-state index contributed by atoms with van der Waals surface area (Å²) in [5.74, 6) is -1.52. The smallest absolute Gasteiger partial charge is 0.266 e. The van der Waals surface area contributed by atoms with Crippen molar-refractivity contribution in [3.8, 4) is 0 Å². The number of para-hydroxylation sites is 2. The first-order valence-corrected chi connectivity index (χ1v) is 7.65. The van der Waals surface area contributed by atoms with Crippen molar-refractivity contribution in [3.63, 3.8) is 0 Å². The van der Waals surface area contributed by atoms with E-state index in [0.29, 0.717) is 0 Å². The molecule has 7 heteroatoms. The summed E-state index contributed by atoms with van der Waals surface area (Å²) in [6.45, 7) is 1.54.